The van der Waals surface area contributed by atoms with Gasteiger partial charge in [0.05, 0.1) is 11.8 Å². The smallest absolute Gasteiger partial charge is 0.0776 e. The number of nitrogens with zero attached hydrogens (tertiary/aromatic N) is 3. The van der Waals surface area contributed by atoms with Crippen molar-refractivity contribution in [2.24, 2.45) is 0 Å². The van der Waals surface area contributed by atoms with Crippen LogP contribution in [0.3, 0.4) is 0 Å². The van der Waals surface area contributed by atoms with Crippen LogP contribution in [0.4, 0.5) is 0 Å². The second kappa shape index (κ2) is 6.53. The topological polar surface area (TPSA) is 41.3 Å². The Hall–Kier alpha value is -0.870. The molecular formula is C15H29N3O. The molecule has 1 rings (SSSR count). The minimum absolute atomic E-state index is 0.208. The predicted octanol–water partition coefficient (Wildman–Crippen LogP) is 2.49. The third-order valence-corrected chi connectivity index (χ3v) is 4.56. The summed E-state index contributed by atoms with van der Waals surface area (Å²) < 4.78 is 1.99. The zero-order valence-corrected chi connectivity index (χ0v) is 13.2. The summed E-state index contributed by atoms with van der Waals surface area (Å²) >= 11 is 0. The summed E-state index contributed by atoms with van der Waals surface area (Å²) in [5, 5.41) is 15.1. The lowest BCUT2D eigenvalue weighted by molar-refractivity contribution is 0.00238. The van der Waals surface area contributed by atoms with Gasteiger partial charge in [-0.1, -0.05) is 13.8 Å². The summed E-state index contributed by atoms with van der Waals surface area (Å²) in [7, 11) is 4.04. The van der Waals surface area contributed by atoms with E-state index in [0.29, 0.717) is 12.5 Å². The molecule has 0 aromatic carbocycles. The Labute approximate surface area is 117 Å². The average molecular weight is 267 g/mol. The van der Waals surface area contributed by atoms with E-state index >= 15 is 0 Å². The van der Waals surface area contributed by atoms with Gasteiger partial charge in [-0.2, -0.15) is 5.10 Å². The molecule has 0 bridgehead atoms. The normalized spacial score (nSPS) is 18.3. The van der Waals surface area contributed by atoms with Crippen LogP contribution >= 0.6 is 0 Å². The first-order valence-corrected chi connectivity index (χ1v) is 7.24. The molecule has 1 heterocycles. The van der Waals surface area contributed by atoms with Gasteiger partial charge in [-0.25, -0.2) is 0 Å². The van der Waals surface area contributed by atoms with Gasteiger partial charge in [0.2, 0.25) is 0 Å². The maximum atomic E-state index is 10.5. The molecule has 0 amide bonds. The van der Waals surface area contributed by atoms with Crippen molar-refractivity contribution in [2.45, 2.75) is 64.6 Å². The molecule has 3 atom stereocenters. The molecule has 4 heteroatoms. The largest absolute Gasteiger partial charge is 0.391 e. The van der Waals surface area contributed by atoms with Gasteiger partial charge in [0.15, 0.2) is 0 Å². The molecule has 19 heavy (non-hydrogen) atoms. The van der Waals surface area contributed by atoms with Gasteiger partial charge < -0.3 is 10.0 Å². The molecule has 0 radical (unpaired) electrons. The second-order valence-corrected chi connectivity index (χ2v) is 5.87. The summed E-state index contributed by atoms with van der Waals surface area (Å²) in [5.41, 5.74) is 0.759. The van der Waals surface area contributed by atoms with Crippen LogP contribution in [0.1, 0.15) is 52.3 Å². The van der Waals surface area contributed by atoms with Crippen molar-refractivity contribution in [2.75, 3.05) is 14.1 Å². The second-order valence-electron chi connectivity index (χ2n) is 5.87. The average Bonchev–Trinajstić information content (AvgIpc) is 2.84. The molecule has 1 N–H and O–H groups in total. The molecule has 0 saturated carbocycles. The van der Waals surface area contributed by atoms with Crippen LogP contribution in [-0.2, 0) is 6.42 Å². The van der Waals surface area contributed by atoms with Crippen molar-refractivity contribution >= 4 is 0 Å². The first-order valence-electron chi connectivity index (χ1n) is 7.24. The Kier molecular flexibility index (Phi) is 5.56. The Bertz CT molecular complexity index is 388. The lowest BCUT2D eigenvalue weighted by atomic mass is 9.87. The van der Waals surface area contributed by atoms with Gasteiger partial charge >= 0.3 is 0 Å². The van der Waals surface area contributed by atoms with Crippen LogP contribution in [0.2, 0.25) is 0 Å². The minimum atomic E-state index is -0.409. The molecule has 0 saturated heterocycles. The van der Waals surface area contributed by atoms with Crippen molar-refractivity contribution in [3.63, 3.8) is 0 Å². The molecule has 0 spiro atoms. The van der Waals surface area contributed by atoms with Gasteiger partial charge in [-0.05, 0) is 46.9 Å². The van der Waals surface area contributed by atoms with Crippen molar-refractivity contribution in [3.05, 3.63) is 18.0 Å². The summed E-state index contributed by atoms with van der Waals surface area (Å²) in [5.74, 6) is 0. The molecule has 1 aromatic rings. The van der Waals surface area contributed by atoms with E-state index in [2.05, 4.69) is 37.7 Å². The maximum absolute atomic E-state index is 10.5. The van der Waals surface area contributed by atoms with E-state index in [9.17, 15) is 5.11 Å². The molecule has 0 aliphatic carbocycles. The van der Waals surface area contributed by atoms with Crippen LogP contribution in [0, 0.1) is 0 Å². The highest BCUT2D eigenvalue weighted by molar-refractivity contribution is 5.05. The van der Waals surface area contributed by atoms with Gasteiger partial charge in [0, 0.05) is 24.2 Å². The highest BCUT2D eigenvalue weighted by Crippen LogP contribution is 2.23. The number of hydrogen-bond donors (Lipinski definition) is 1. The Morgan fingerprint density at radius 3 is 2.53 bits per heavy atom. The van der Waals surface area contributed by atoms with Crippen molar-refractivity contribution in [1.29, 1.82) is 0 Å². The molecule has 110 valence electrons. The van der Waals surface area contributed by atoms with Crippen LogP contribution in [0.15, 0.2) is 12.3 Å². The fourth-order valence-electron chi connectivity index (χ4n) is 2.19. The van der Waals surface area contributed by atoms with E-state index in [0.717, 1.165) is 18.5 Å². The summed E-state index contributed by atoms with van der Waals surface area (Å²) in [6, 6.07) is 2.43. The number of aromatic nitrogens is 2. The van der Waals surface area contributed by atoms with Crippen LogP contribution in [-0.4, -0.2) is 45.5 Å². The number of hydrogen-bond acceptors (Lipinski definition) is 3. The van der Waals surface area contributed by atoms with Crippen LogP contribution in [0.5, 0.6) is 0 Å². The van der Waals surface area contributed by atoms with E-state index in [1.54, 1.807) is 0 Å². The molecule has 0 aliphatic rings. The number of likely N-dealkylation sites (N-methyl/N-ethyl adjacent to an activating group) is 1. The van der Waals surface area contributed by atoms with Gasteiger partial charge in [0.25, 0.3) is 0 Å². The summed E-state index contributed by atoms with van der Waals surface area (Å²) in [6.45, 7) is 8.52. The quantitative estimate of drug-likeness (QED) is 0.825. The third-order valence-electron chi connectivity index (χ3n) is 4.56. The van der Waals surface area contributed by atoms with E-state index in [4.69, 9.17) is 0 Å². The van der Waals surface area contributed by atoms with Crippen molar-refractivity contribution < 1.29 is 5.11 Å². The van der Waals surface area contributed by atoms with Crippen LogP contribution in [0.25, 0.3) is 0 Å². The van der Waals surface area contributed by atoms with E-state index in [-0.39, 0.29) is 5.54 Å². The van der Waals surface area contributed by atoms with Gasteiger partial charge in [-0.3, -0.25) is 4.68 Å². The lowest BCUT2D eigenvalue weighted by Crippen LogP contribution is -2.51. The minimum Gasteiger partial charge on any atom is -0.391 e. The van der Waals surface area contributed by atoms with Crippen molar-refractivity contribution in [3.8, 4) is 0 Å². The highest BCUT2D eigenvalue weighted by atomic mass is 16.3. The molecule has 4 nitrogen and oxygen atoms in total. The zero-order valence-electron chi connectivity index (χ0n) is 13.2. The number of aliphatic hydroxyl groups excluding tert-OH is 1. The highest BCUT2D eigenvalue weighted by Gasteiger charge is 2.33. The standard InChI is InChI=1S/C15H29N3O/c1-7-12(3)18-10-9-13(16-18)11-14(19)15(4,8-2)17(5)6/h9-10,12,14,19H,7-8,11H2,1-6H3. The summed E-state index contributed by atoms with van der Waals surface area (Å²) in [4.78, 5) is 2.10. The molecule has 0 aliphatic heterocycles. The molecular weight excluding hydrogens is 238 g/mol. The molecule has 0 fully saturated rings. The zero-order chi connectivity index (χ0) is 14.6. The van der Waals surface area contributed by atoms with Crippen LogP contribution < -0.4 is 0 Å². The Balaban J connectivity index is 2.76. The van der Waals surface area contributed by atoms with E-state index < -0.39 is 6.10 Å². The Morgan fingerprint density at radius 2 is 2.05 bits per heavy atom. The first-order chi connectivity index (χ1) is 8.85. The Morgan fingerprint density at radius 1 is 1.42 bits per heavy atom. The van der Waals surface area contributed by atoms with E-state index in [1.807, 2.05) is 31.0 Å². The molecule has 1 aromatic heterocycles. The van der Waals surface area contributed by atoms with Gasteiger partial charge in [-0.15, -0.1) is 0 Å². The summed E-state index contributed by atoms with van der Waals surface area (Å²) in [6.07, 6.45) is 4.18. The van der Waals surface area contributed by atoms with E-state index in [1.165, 1.54) is 0 Å². The number of aliphatic hydroxyl groups is 1. The fourth-order valence-corrected chi connectivity index (χ4v) is 2.19. The third kappa shape index (κ3) is 3.57. The number of rotatable bonds is 7. The van der Waals surface area contributed by atoms with Gasteiger partial charge in [0.1, 0.15) is 0 Å². The lowest BCUT2D eigenvalue weighted by Gasteiger charge is -2.39. The predicted molar refractivity (Wildman–Crippen MR) is 79.3 cm³/mol. The first kappa shape index (κ1) is 16.2. The van der Waals surface area contributed by atoms with Crippen molar-refractivity contribution in [1.82, 2.24) is 14.7 Å². The SMILES string of the molecule is CCC(C)n1ccc(CC(O)C(C)(CC)N(C)C)n1. The maximum Gasteiger partial charge on any atom is 0.0776 e. The fraction of sp³-hybridized carbons (Fsp3) is 0.800. The monoisotopic (exact) mass is 267 g/mol. The molecule has 3 unspecified atom stereocenters.